The van der Waals surface area contributed by atoms with Crippen LogP contribution < -0.4 is 10.6 Å². The van der Waals surface area contributed by atoms with Gasteiger partial charge in [0.05, 0.1) is 5.69 Å². The number of rotatable bonds is 8. The van der Waals surface area contributed by atoms with Crippen molar-refractivity contribution in [3.63, 3.8) is 0 Å². The lowest BCUT2D eigenvalue weighted by Crippen LogP contribution is -2.44. The van der Waals surface area contributed by atoms with Crippen molar-refractivity contribution in [2.24, 2.45) is 0 Å². The first kappa shape index (κ1) is 23.9. The van der Waals surface area contributed by atoms with Crippen LogP contribution in [-0.4, -0.2) is 35.7 Å². The second-order valence-electron chi connectivity index (χ2n) is 8.38. The first-order valence-electron chi connectivity index (χ1n) is 11.2. The second kappa shape index (κ2) is 10.4. The van der Waals surface area contributed by atoms with Crippen LogP contribution in [0.5, 0.6) is 0 Å². The number of aliphatic carboxylic acids is 1. The van der Waals surface area contributed by atoms with Gasteiger partial charge in [0.15, 0.2) is 0 Å². The molecule has 8 heteroatoms. The number of carbonyl (C=O) groups is 3. The van der Waals surface area contributed by atoms with Gasteiger partial charge in [-0.3, -0.25) is 9.59 Å². The molecule has 1 unspecified atom stereocenters. The molecule has 0 aromatic heterocycles. The Morgan fingerprint density at radius 1 is 0.971 bits per heavy atom. The van der Waals surface area contributed by atoms with Gasteiger partial charge >= 0.3 is 12.1 Å². The molecule has 1 atom stereocenters. The number of anilines is 1. The van der Waals surface area contributed by atoms with E-state index in [9.17, 15) is 18.8 Å². The van der Waals surface area contributed by atoms with E-state index >= 15 is 0 Å². The third kappa shape index (κ3) is 5.32. The number of carboxylic acids is 1. The van der Waals surface area contributed by atoms with E-state index in [2.05, 4.69) is 10.6 Å². The summed E-state index contributed by atoms with van der Waals surface area (Å²) in [6, 6.07) is 19.1. The number of hydrogen-bond acceptors (Lipinski definition) is 4. The molecule has 0 radical (unpaired) electrons. The van der Waals surface area contributed by atoms with Crippen molar-refractivity contribution in [2.45, 2.75) is 31.7 Å². The number of nitrogens with one attached hydrogen (secondary N) is 2. The van der Waals surface area contributed by atoms with Crippen LogP contribution >= 0.6 is 0 Å². The second-order valence-corrected chi connectivity index (χ2v) is 8.38. The lowest BCUT2D eigenvalue weighted by Gasteiger charge is -2.19. The van der Waals surface area contributed by atoms with E-state index in [1.54, 1.807) is 19.1 Å². The standard InChI is InChI=1S/C27H25FN2O5/c1-16-7-6-12-22(25(16)28)29-26(33)23(13-14-24(31)32)30-27(34)35-15-21-19-10-4-2-8-17(19)18-9-3-5-11-20(18)21/h2-12,21,23H,13-15H2,1H3,(H,29,33)(H,30,34)(H,31,32). The number of fused-ring (bicyclic) bond motifs is 3. The maximum absolute atomic E-state index is 14.3. The van der Waals surface area contributed by atoms with Gasteiger partial charge in [0.25, 0.3) is 0 Å². The zero-order valence-electron chi connectivity index (χ0n) is 19.1. The molecule has 0 fully saturated rings. The van der Waals surface area contributed by atoms with Gasteiger partial charge in [0.2, 0.25) is 5.91 Å². The van der Waals surface area contributed by atoms with Crippen molar-refractivity contribution in [2.75, 3.05) is 11.9 Å². The fraction of sp³-hybridized carbons (Fsp3) is 0.222. The van der Waals surface area contributed by atoms with Gasteiger partial charge in [-0.05, 0) is 47.2 Å². The van der Waals surface area contributed by atoms with Crippen LogP contribution in [0.4, 0.5) is 14.9 Å². The minimum Gasteiger partial charge on any atom is -0.481 e. The van der Waals surface area contributed by atoms with Crippen molar-refractivity contribution in [1.82, 2.24) is 5.32 Å². The van der Waals surface area contributed by atoms with Gasteiger partial charge in [0, 0.05) is 12.3 Å². The van der Waals surface area contributed by atoms with Crippen LogP contribution in [0.1, 0.15) is 35.4 Å². The molecule has 180 valence electrons. The predicted octanol–water partition coefficient (Wildman–Crippen LogP) is 4.84. The summed E-state index contributed by atoms with van der Waals surface area (Å²) in [5.74, 6) is -2.62. The van der Waals surface area contributed by atoms with E-state index in [-0.39, 0.29) is 31.1 Å². The number of benzene rings is 3. The number of alkyl carbamates (subject to hydrolysis) is 1. The van der Waals surface area contributed by atoms with Gasteiger partial charge in [-0.25, -0.2) is 9.18 Å². The number of amides is 2. The normalized spacial score (nSPS) is 12.9. The summed E-state index contributed by atoms with van der Waals surface area (Å²) >= 11 is 0. The summed E-state index contributed by atoms with van der Waals surface area (Å²) in [5.41, 5.74) is 4.53. The molecule has 35 heavy (non-hydrogen) atoms. The van der Waals surface area contributed by atoms with Crippen LogP contribution in [0.3, 0.4) is 0 Å². The van der Waals surface area contributed by atoms with E-state index in [1.165, 1.54) is 6.07 Å². The molecule has 0 saturated heterocycles. The molecule has 0 saturated carbocycles. The Balaban J connectivity index is 1.44. The zero-order valence-corrected chi connectivity index (χ0v) is 19.1. The van der Waals surface area contributed by atoms with Crippen LogP contribution in [0.25, 0.3) is 11.1 Å². The molecule has 0 heterocycles. The van der Waals surface area contributed by atoms with Gasteiger partial charge < -0.3 is 20.5 Å². The molecule has 0 aliphatic heterocycles. The predicted molar refractivity (Wildman–Crippen MR) is 129 cm³/mol. The Morgan fingerprint density at radius 2 is 1.60 bits per heavy atom. The average molecular weight is 477 g/mol. The summed E-state index contributed by atoms with van der Waals surface area (Å²) in [7, 11) is 0. The highest BCUT2D eigenvalue weighted by molar-refractivity contribution is 5.97. The number of halogens is 1. The van der Waals surface area contributed by atoms with E-state index in [0.717, 1.165) is 22.3 Å². The SMILES string of the molecule is Cc1cccc(NC(=O)C(CCC(=O)O)NC(=O)OCC2c3ccccc3-c3ccccc32)c1F. The first-order valence-corrected chi connectivity index (χ1v) is 11.2. The first-order chi connectivity index (χ1) is 16.8. The maximum atomic E-state index is 14.3. The highest BCUT2D eigenvalue weighted by atomic mass is 19.1. The molecule has 3 aromatic rings. The lowest BCUT2D eigenvalue weighted by atomic mass is 9.98. The summed E-state index contributed by atoms with van der Waals surface area (Å²) in [4.78, 5) is 36.5. The largest absolute Gasteiger partial charge is 0.481 e. The topological polar surface area (TPSA) is 105 Å². The van der Waals surface area contributed by atoms with Crippen molar-refractivity contribution in [1.29, 1.82) is 0 Å². The summed E-state index contributed by atoms with van der Waals surface area (Å²) in [6.45, 7) is 1.60. The van der Waals surface area contributed by atoms with Crippen molar-refractivity contribution in [3.05, 3.63) is 89.2 Å². The highest BCUT2D eigenvalue weighted by Crippen LogP contribution is 2.44. The molecule has 7 nitrogen and oxygen atoms in total. The van der Waals surface area contributed by atoms with Crippen LogP contribution in [0.2, 0.25) is 0 Å². The summed E-state index contributed by atoms with van der Waals surface area (Å²) in [6.07, 6.45) is -1.40. The van der Waals surface area contributed by atoms with E-state index in [1.807, 2.05) is 48.5 Å². The number of carboxylic acid groups (broad SMARTS) is 1. The zero-order chi connectivity index (χ0) is 24.9. The van der Waals surface area contributed by atoms with Gasteiger partial charge in [-0.2, -0.15) is 0 Å². The third-order valence-electron chi connectivity index (χ3n) is 6.05. The minimum atomic E-state index is -1.22. The van der Waals surface area contributed by atoms with Gasteiger partial charge in [0.1, 0.15) is 18.5 Å². The van der Waals surface area contributed by atoms with Crippen molar-refractivity contribution >= 4 is 23.7 Å². The van der Waals surface area contributed by atoms with E-state index in [0.29, 0.717) is 5.56 Å². The van der Waals surface area contributed by atoms with E-state index < -0.39 is 29.8 Å². The molecule has 1 aliphatic carbocycles. The van der Waals surface area contributed by atoms with Gasteiger partial charge in [-0.15, -0.1) is 0 Å². The molecule has 0 bridgehead atoms. The quantitative estimate of drug-likeness (QED) is 0.431. The number of carbonyl (C=O) groups excluding carboxylic acids is 2. The van der Waals surface area contributed by atoms with Crippen LogP contribution in [0.15, 0.2) is 66.7 Å². The van der Waals surface area contributed by atoms with Crippen molar-refractivity contribution < 1.29 is 28.6 Å². The Labute approximate surface area is 201 Å². The molecular formula is C27H25FN2O5. The third-order valence-corrected chi connectivity index (χ3v) is 6.05. The molecule has 1 aliphatic rings. The fourth-order valence-corrected chi connectivity index (χ4v) is 4.28. The smallest absolute Gasteiger partial charge is 0.407 e. The Bertz CT molecular complexity index is 1230. The van der Waals surface area contributed by atoms with Crippen molar-refractivity contribution in [3.8, 4) is 11.1 Å². The summed E-state index contributed by atoms with van der Waals surface area (Å²) < 4.78 is 19.8. The summed E-state index contributed by atoms with van der Waals surface area (Å²) in [5, 5.41) is 13.9. The lowest BCUT2D eigenvalue weighted by molar-refractivity contribution is -0.137. The Hall–Kier alpha value is -4.20. The molecule has 3 N–H and O–H groups in total. The molecular weight excluding hydrogens is 451 g/mol. The molecule has 2 amide bonds. The Kier molecular flexibility index (Phi) is 7.10. The molecule has 0 spiro atoms. The van der Waals surface area contributed by atoms with Crippen LogP contribution in [0, 0.1) is 12.7 Å². The molecule has 3 aromatic carbocycles. The average Bonchev–Trinajstić information content (AvgIpc) is 3.17. The van der Waals surface area contributed by atoms with Gasteiger partial charge in [-0.1, -0.05) is 60.7 Å². The molecule has 4 rings (SSSR count). The number of aryl methyl sites for hydroxylation is 1. The monoisotopic (exact) mass is 476 g/mol. The maximum Gasteiger partial charge on any atom is 0.407 e. The Morgan fingerprint density at radius 3 is 2.23 bits per heavy atom. The highest BCUT2D eigenvalue weighted by Gasteiger charge is 2.30. The van der Waals surface area contributed by atoms with E-state index in [4.69, 9.17) is 9.84 Å². The fourth-order valence-electron chi connectivity index (χ4n) is 4.28. The minimum absolute atomic E-state index is 0.0413. The van der Waals surface area contributed by atoms with Crippen LogP contribution in [-0.2, 0) is 14.3 Å². The number of hydrogen-bond donors (Lipinski definition) is 3. The number of ether oxygens (including phenoxy) is 1.